The molecule has 2 atom stereocenters. The summed E-state index contributed by atoms with van der Waals surface area (Å²) in [6, 6.07) is -0.592. The number of carbonyl (C=O) groups excluding carboxylic acids is 2. The van der Waals surface area contributed by atoms with Gasteiger partial charge in [0.2, 0.25) is 11.9 Å². The first-order valence-corrected chi connectivity index (χ1v) is 12.7. The van der Waals surface area contributed by atoms with Gasteiger partial charge in [0.1, 0.15) is 11.6 Å². The molecule has 1 aromatic rings. The second kappa shape index (κ2) is 10.2. The number of hydrogen-bond donors (Lipinski definition) is 1. The Balaban J connectivity index is 1.61. The van der Waals surface area contributed by atoms with E-state index in [1.807, 2.05) is 53.5 Å². The zero-order chi connectivity index (χ0) is 27.1. The number of hydrogen-bond acceptors (Lipinski definition) is 8. The van der Waals surface area contributed by atoms with E-state index < -0.39 is 36.1 Å². The SMILES string of the molecule is CC(C)C(NC(=O)OC(C)(C)C)C(=O)N1CCC(N(C)c2ncc(B3OC(C)(C)C(C)(C)O3)cn2)C1. The zero-order valence-electron chi connectivity index (χ0n) is 23.4. The number of anilines is 1. The number of nitrogens with one attached hydrogen (secondary N) is 1. The third-order valence-corrected chi connectivity index (χ3v) is 7.13. The van der Waals surface area contributed by atoms with E-state index in [0.29, 0.717) is 19.0 Å². The van der Waals surface area contributed by atoms with E-state index in [1.54, 1.807) is 38.1 Å². The molecule has 11 heteroatoms. The molecule has 36 heavy (non-hydrogen) atoms. The minimum absolute atomic E-state index is 0.0611. The molecule has 2 unspecified atom stereocenters. The average molecular weight is 503 g/mol. The highest BCUT2D eigenvalue weighted by molar-refractivity contribution is 6.61. The Morgan fingerprint density at radius 3 is 2.22 bits per heavy atom. The molecule has 0 saturated carbocycles. The summed E-state index contributed by atoms with van der Waals surface area (Å²) in [5.74, 6) is 0.387. The van der Waals surface area contributed by atoms with Gasteiger partial charge < -0.3 is 29.2 Å². The molecule has 1 N–H and O–H groups in total. The Labute approximate surface area is 215 Å². The summed E-state index contributed by atoms with van der Waals surface area (Å²) in [6.45, 7) is 18.4. The van der Waals surface area contributed by atoms with Crippen LogP contribution < -0.4 is 15.7 Å². The van der Waals surface area contributed by atoms with Gasteiger partial charge in [0, 0.05) is 38.0 Å². The van der Waals surface area contributed by atoms with Crippen molar-refractivity contribution in [3.05, 3.63) is 12.4 Å². The van der Waals surface area contributed by atoms with Crippen LogP contribution in [0.5, 0.6) is 0 Å². The highest BCUT2D eigenvalue weighted by Crippen LogP contribution is 2.36. The Morgan fingerprint density at radius 2 is 1.72 bits per heavy atom. The van der Waals surface area contributed by atoms with E-state index in [-0.39, 0.29) is 17.9 Å². The number of likely N-dealkylation sites (tertiary alicyclic amines) is 1. The lowest BCUT2D eigenvalue weighted by atomic mass is 9.81. The molecule has 3 heterocycles. The second-order valence-corrected chi connectivity index (χ2v) is 12.1. The highest BCUT2D eigenvalue weighted by atomic mass is 16.7. The number of likely N-dealkylation sites (N-methyl/N-ethyl adjacent to an activating group) is 1. The standard InChI is InChI=1S/C25H42BN5O5/c1-16(2)19(29-22(33)34-23(3,4)5)20(32)31-12-11-18(15-31)30(10)21-27-13-17(14-28-21)26-35-24(6,7)25(8,9)36-26/h13-14,16,18-19H,11-12,15H2,1-10H3,(H,29,33). The van der Waals surface area contributed by atoms with Crippen LogP contribution in [0.2, 0.25) is 0 Å². The molecule has 0 bridgehead atoms. The first kappa shape index (κ1) is 28.2. The molecule has 2 saturated heterocycles. The molecule has 10 nitrogen and oxygen atoms in total. The molecule has 3 rings (SSSR count). The molecule has 200 valence electrons. The van der Waals surface area contributed by atoms with E-state index in [2.05, 4.69) is 15.3 Å². The maximum Gasteiger partial charge on any atom is 0.498 e. The lowest BCUT2D eigenvalue weighted by Crippen LogP contribution is -2.52. The molecule has 1 aromatic heterocycles. The van der Waals surface area contributed by atoms with Gasteiger partial charge in [0.15, 0.2) is 0 Å². The lowest BCUT2D eigenvalue weighted by Gasteiger charge is -2.32. The van der Waals surface area contributed by atoms with E-state index in [9.17, 15) is 9.59 Å². The number of nitrogens with zero attached hydrogens (tertiary/aromatic N) is 4. The van der Waals surface area contributed by atoms with Crippen molar-refractivity contribution in [1.82, 2.24) is 20.2 Å². The van der Waals surface area contributed by atoms with E-state index >= 15 is 0 Å². The minimum atomic E-state index is -0.653. The first-order valence-electron chi connectivity index (χ1n) is 12.7. The third kappa shape index (κ3) is 6.29. The van der Waals surface area contributed by atoms with Gasteiger partial charge in [-0.3, -0.25) is 4.79 Å². The number of carbonyl (C=O) groups is 2. The number of rotatable bonds is 6. The Kier molecular flexibility index (Phi) is 7.96. The van der Waals surface area contributed by atoms with Crippen LogP contribution in [-0.2, 0) is 18.8 Å². The van der Waals surface area contributed by atoms with E-state index in [1.165, 1.54) is 0 Å². The first-order chi connectivity index (χ1) is 16.5. The number of alkyl carbamates (subject to hydrolysis) is 1. The summed E-state index contributed by atoms with van der Waals surface area (Å²) in [5, 5.41) is 2.76. The van der Waals surface area contributed by atoms with Gasteiger partial charge in [0.05, 0.1) is 17.2 Å². The molecule has 0 radical (unpaired) electrons. The predicted molar refractivity (Wildman–Crippen MR) is 139 cm³/mol. The summed E-state index contributed by atoms with van der Waals surface area (Å²) in [4.78, 5) is 38.4. The van der Waals surface area contributed by atoms with Crippen LogP contribution in [0.25, 0.3) is 0 Å². The fourth-order valence-corrected chi connectivity index (χ4v) is 4.18. The zero-order valence-corrected chi connectivity index (χ0v) is 23.4. The molecular formula is C25H42BN5O5. The molecule has 0 aromatic carbocycles. The van der Waals surface area contributed by atoms with Gasteiger partial charge in [-0.05, 0) is 60.8 Å². The topological polar surface area (TPSA) is 106 Å². The fraction of sp³-hybridized carbons (Fsp3) is 0.760. The number of ether oxygens (including phenoxy) is 1. The monoisotopic (exact) mass is 503 g/mol. The lowest BCUT2D eigenvalue weighted by molar-refractivity contribution is -0.133. The number of amides is 2. The quantitative estimate of drug-likeness (QED) is 0.590. The van der Waals surface area contributed by atoms with Gasteiger partial charge >= 0.3 is 13.2 Å². The Morgan fingerprint density at radius 1 is 1.17 bits per heavy atom. The summed E-state index contributed by atoms with van der Waals surface area (Å²) in [5.41, 5.74) is -0.728. The van der Waals surface area contributed by atoms with Crippen LogP contribution >= 0.6 is 0 Å². The van der Waals surface area contributed by atoms with Crippen molar-refractivity contribution in [3.8, 4) is 0 Å². The largest absolute Gasteiger partial charge is 0.498 e. The Bertz CT molecular complexity index is 931. The summed E-state index contributed by atoms with van der Waals surface area (Å²) in [7, 11) is 1.42. The van der Waals surface area contributed by atoms with Crippen molar-refractivity contribution in [2.24, 2.45) is 5.92 Å². The molecule has 2 amide bonds. The maximum absolute atomic E-state index is 13.3. The molecule has 0 spiro atoms. The molecule has 0 aliphatic carbocycles. The molecular weight excluding hydrogens is 461 g/mol. The van der Waals surface area contributed by atoms with Gasteiger partial charge in [-0.15, -0.1) is 0 Å². The molecule has 2 fully saturated rings. The normalized spacial score (nSPS) is 22.0. The van der Waals surface area contributed by atoms with Crippen LogP contribution in [0.1, 0.15) is 68.7 Å². The average Bonchev–Trinajstić information content (AvgIpc) is 3.32. The summed E-state index contributed by atoms with van der Waals surface area (Å²) >= 11 is 0. The van der Waals surface area contributed by atoms with Crippen molar-refractivity contribution in [1.29, 1.82) is 0 Å². The van der Waals surface area contributed by atoms with Crippen molar-refractivity contribution >= 4 is 30.5 Å². The predicted octanol–water partition coefficient (Wildman–Crippen LogP) is 2.36. The van der Waals surface area contributed by atoms with Crippen LogP contribution in [-0.4, -0.2) is 83.0 Å². The van der Waals surface area contributed by atoms with Crippen molar-refractivity contribution in [2.45, 2.75) is 97.6 Å². The van der Waals surface area contributed by atoms with Crippen LogP contribution in [0, 0.1) is 5.92 Å². The third-order valence-electron chi connectivity index (χ3n) is 7.13. The summed E-state index contributed by atoms with van der Waals surface area (Å²) < 4.78 is 17.5. The van der Waals surface area contributed by atoms with Gasteiger partial charge in [0.25, 0.3) is 0 Å². The van der Waals surface area contributed by atoms with Crippen molar-refractivity contribution < 1.29 is 23.6 Å². The molecule has 2 aliphatic rings. The Hall–Kier alpha value is -2.40. The van der Waals surface area contributed by atoms with Crippen LogP contribution in [0.4, 0.5) is 10.7 Å². The van der Waals surface area contributed by atoms with Crippen LogP contribution in [0.15, 0.2) is 12.4 Å². The van der Waals surface area contributed by atoms with Gasteiger partial charge in [-0.1, -0.05) is 13.8 Å². The van der Waals surface area contributed by atoms with Crippen LogP contribution in [0.3, 0.4) is 0 Å². The fourth-order valence-electron chi connectivity index (χ4n) is 4.18. The minimum Gasteiger partial charge on any atom is -0.444 e. The van der Waals surface area contributed by atoms with E-state index in [0.717, 1.165) is 11.9 Å². The van der Waals surface area contributed by atoms with Crippen molar-refractivity contribution in [3.63, 3.8) is 0 Å². The van der Waals surface area contributed by atoms with Gasteiger partial charge in [-0.25, -0.2) is 14.8 Å². The highest BCUT2D eigenvalue weighted by Gasteiger charge is 2.52. The second-order valence-electron chi connectivity index (χ2n) is 12.1. The van der Waals surface area contributed by atoms with E-state index in [4.69, 9.17) is 14.0 Å². The smallest absolute Gasteiger partial charge is 0.444 e. The van der Waals surface area contributed by atoms with Gasteiger partial charge in [-0.2, -0.15) is 0 Å². The van der Waals surface area contributed by atoms with Crippen molar-refractivity contribution in [2.75, 3.05) is 25.0 Å². The molecule has 2 aliphatic heterocycles. The maximum atomic E-state index is 13.3. The number of aromatic nitrogens is 2. The summed E-state index contributed by atoms with van der Waals surface area (Å²) in [6.07, 6.45) is 3.66.